The van der Waals surface area contributed by atoms with Crippen LogP contribution >= 0.6 is 0 Å². The summed E-state index contributed by atoms with van der Waals surface area (Å²) in [5, 5.41) is 0. The van der Waals surface area contributed by atoms with Crippen molar-refractivity contribution in [2.24, 2.45) is 7.05 Å². The Labute approximate surface area is 157 Å². The molecule has 27 heavy (non-hydrogen) atoms. The van der Waals surface area contributed by atoms with Gasteiger partial charge in [0.1, 0.15) is 5.69 Å². The normalized spacial score (nSPS) is 15.4. The molecule has 0 amide bonds. The van der Waals surface area contributed by atoms with Crippen LogP contribution in [0.1, 0.15) is 20.8 Å². The van der Waals surface area contributed by atoms with E-state index < -0.39 is 28.4 Å². The lowest BCUT2D eigenvalue weighted by molar-refractivity contribution is 0.0465. The van der Waals surface area contributed by atoms with Crippen LogP contribution in [0.25, 0.3) is 0 Å². The molecule has 0 unspecified atom stereocenters. The Morgan fingerprint density at radius 2 is 1.78 bits per heavy atom. The summed E-state index contributed by atoms with van der Waals surface area (Å²) in [5.74, 6) is -1.00. The highest BCUT2D eigenvalue weighted by molar-refractivity contribution is 7.89. The molecule has 9 heteroatoms. The van der Waals surface area contributed by atoms with E-state index in [1.807, 2.05) is 0 Å². The molecule has 1 aromatic carbocycles. The highest BCUT2D eigenvalue weighted by Crippen LogP contribution is 2.18. The number of esters is 1. The summed E-state index contributed by atoms with van der Waals surface area (Å²) < 4.78 is 38.3. The Bertz CT molecular complexity index is 927. The maximum atomic E-state index is 12.6. The molecule has 0 spiro atoms. The molecule has 2 heterocycles. The van der Waals surface area contributed by atoms with Crippen molar-refractivity contribution in [3.05, 3.63) is 53.9 Å². The fraction of sp³-hybridized carbons (Fsp3) is 0.333. The first-order chi connectivity index (χ1) is 12.9. The zero-order valence-electron chi connectivity index (χ0n) is 14.8. The van der Waals surface area contributed by atoms with Gasteiger partial charge in [-0.25, -0.2) is 13.2 Å². The van der Waals surface area contributed by atoms with E-state index in [2.05, 4.69) is 0 Å². The minimum Gasteiger partial charge on any atom is -0.453 e. The van der Waals surface area contributed by atoms with Gasteiger partial charge in [0.2, 0.25) is 10.0 Å². The van der Waals surface area contributed by atoms with Crippen LogP contribution in [-0.2, 0) is 26.5 Å². The molecule has 1 aliphatic rings. The SMILES string of the molecule is Cn1cccc1C(=O)OCC(=O)c1ccc(S(=O)(=O)N2CCOCC2)cc1. The monoisotopic (exact) mass is 392 g/mol. The van der Waals surface area contributed by atoms with Gasteiger partial charge < -0.3 is 14.0 Å². The number of morpholine rings is 1. The molecular weight excluding hydrogens is 372 g/mol. The van der Waals surface area contributed by atoms with Crippen LogP contribution in [0.3, 0.4) is 0 Å². The lowest BCUT2D eigenvalue weighted by Gasteiger charge is -2.26. The quantitative estimate of drug-likeness (QED) is 0.539. The number of carbonyl (C=O) groups is 2. The Morgan fingerprint density at radius 1 is 1.11 bits per heavy atom. The van der Waals surface area contributed by atoms with E-state index in [9.17, 15) is 18.0 Å². The number of nitrogens with zero attached hydrogens (tertiary/aromatic N) is 2. The molecule has 0 bridgehead atoms. The number of rotatable bonds is 6. The van der Waals surface area contributed by atoms with Crippen LogP contribution in [0.5, 0.6) is 0 Å². The number of carbonyl (C=O) groups excluding carboxylic acids is 2. The first-order valence-corrected chi connectivity index (χ1v) is 9.83. The molecule has 0 saturated carbocycles. The van der Waals surface area contributed by atoms with Gasteiger partial charge in [0.15, 0.2) is 12.4 Å². The smallest absolute Gasteiger partial charge is 0.355 e. The first-order valence-electron chi connectivity index (χ1n) is 8.39. The third kappa shape index (κ3) is 4.26. The van der Waals surface area contributed by atoms with Crippen molar-refractivity contribution in [3.63, 3.8) is 0 Å². The Kier molecular flexibility index (Phi) is 5.73. The fourth-order valence-corrected chi connectivity index (χ4v) is 4.12. The molecule has 0 N–H and O–H groups in total. The third-order valence-corrected chi connectivity index (χ3v) is 6.18. The van der Waals surface area contributed by atoms with E-state index in [0.717, 1.165) is 0 Å². The van der Waals surface area contributed by atoms with E-state index >= 15 is 0 Å². The Hall–Kier alpha value is -2.49. The second kappa shape index (κ2) is 8.03. The van der Waals surface area contributed by atoms with Crippen molar-refractivity contribution in [1.82, 2.24) is 8.87 Å². The maximum absolute atomic E-state index is 12.6. The van der Waals surface area contributed by atoms with Crippen molar-refractivity contribution in [2.45, 2.75) is 4.90 Å². The number of sulfonamides is 1. The van der Waals surface area contributed by atoms with Gasteiger partial charge in [0.25, 0.3) is 0 Å². The second-order valence-corrected chi connectivity index (χ2v) is 7.98. The van der Waals surface area contributed by atoms with E-state index in [1.165, 1.54) is 28.6 Å². The van der Waals surface area contributed by atoms with Gasteiger partial charge in [-0.3, -0.25) is 4.79 Å². The Morgan fingerprint density at radius 3 is 2.37 bits per heavy atom. The number of hydrogen-bond donors (Lipinski definition) is 0. The summed E-state index contributed by atoms with van der Waals surface area (Å²) in [6.45, 7) is 0.917. The van der Waals surface area contributed by atoms with Crippen LogP contribution < -0.4 is 0 Å². The van der Waals surface area contributed by atoms with Gasteiger partial charge in [-0.1, -0.05) is 0 Å². The summed E-state index contributed by atoms with van der Waals surface area (Å²) in [6, 6.07) is 8.91. The van der Waals surface area contributed by atoms with E-state index in [0.29, 0.717) is 32.0 Å². The van der Waals surface area contributed by atoms with Crippen LogP contribution in [-0.4, -0.2) is 62.0 Å². The summed E-state index contributed by atoms with van der Waals surface area (Å²) in [7, 11) is -1.91. The van der Waals surface area contributed by atoms with Crippen molar-refractivity contribution < 1.29 is 27.5 Å². The molecule has 1 saturated heterocycles. The van der Waals surface area contributed by atoms with Gasteiger partial charge in [-0.15, -0.1) is 0 Å². The van der Waals surface area contributed by atoms with Crippen LogP contribution in [0.2, 0.25) is 0 Å². The van der Waals surface area contributed by atoms with E-state index in [-0.39, 0.29) is 10.5 Å². The molecule has 1 fully saturated rings. The lowest BCUT2D eigenvalue weighted by atomic mass is 10.1. The minimum atomic E-state index is -3.61. The number of ketones is 1. The summed E-state index contributed by atoms with van der Waals surface area (Å²) in [6.07, 6.45) is 1.70. The largest absolute Gasteiger partial charge is 0.453 e. The van der Waals surface area contributed by atoms with E-state index in [4.69, 9.17) is 9.47 Å². The molecule has 3 rings (SSSR count). The summed E-state index contributed by atoms with van der Waals surface area (Å²) in [4.78, 5) is 24.3. The zero-order chi connectivity index (χ0) is 19.4. The summed E-state index contributed by atoms with van der Waals surface area (Å²) in [5.41, 5.74) is 0.616. The van der Waals surface area contributed by atoms with Crippen molar-refractivity contribution in [2.75, 3.05) is 32.9 Å². The topological polar surface area (TPSA) is 94.9 Å². The number of aromatic nitrogens is 1. The molecule has 2 aromatic rings. The van der Waals surface area contributed by atoms with Crippen LogP contribution in [0.15, 0.2) is 47.5 Å². The average molecular weight is 392 g/mol. The molecule has 0 atom stereocenters. The molecule has 0 radical (unpaired) electrons. The molecular formula is C18H20N2O6S. The lowest BCUT2D eigenvalue weighted by Crippen LogP contribution is -2.40. The van der Waals surface area contributed by atoms with Crippen LogP contribution in [0.4, 0.5) is 0 Å². The van der Waals surface area contributed by atoms with Gasteiger partial charge in [-0.05, 0) is 36.4 Å². The number of ether oxygens (including phenoxy) is 2. The first kappa shape index (κ1) is 19.3. The van der Waals surface area contributed by atoms with Gasteiger partial charge in [-0.2, -0.15) is 4.31 Å². The molecule has 1 aromatic heterocycles. The molecule has 1 aliphatic heterocycles. The Balaban J connectivity index is 1.63. The summed E-state index contributed by atoms with van der Waals surface area (Å²) >= 11 is 0. The predicted molar refractivity (Wildman–Crippen MR) is 96.0 cm³/mol. The highest BCUT2D eigenvalue weighted by Gasteiger charge is 2.26. The minimum absolute atomic E-state index is 0.113. The van der Waals surface area contributed by atoms with Crippen molar-refractivity contribution in [1.29, 1.82) is 0 Å². The molecule has 0 aliphatic carbocycles. The molecule has 8 nitrogen and oxygen atoms in total. The average Bonchev–Trinajstić information content (AvgIpc) is 3.12. The van der Waals surface area contributed by atoms with Gasteiger partial charge in [0.05, 0.1) is 18.1 Å². The van der Waals surface area contributed by atoms with Gasteiger partial charge >= 0.3 is 5.97 Å². The predicted octanol–water partition coefficient (Wildman–Crippen LogP) is 1.09. The standard InChI is InChI=1S/C18H20N2O6S/c1-19-8-2-3-16(19)18(22)26-13-17(21)14-4-6-15(7-5-14)27(23,24)20-9-11-25-12-10-20/h2-8H,9-13H2,1H3. The molecule has 144 valence electrons. The zero-order valence-corrected chi connectivity index (χ0v) is 15.6. The maximum Gasteiger partial charge on any atom is 0.355 e. The van der Waals surface area contributed by atoms with Crippen LogP contribution in [0, 0.1) is 0 Å². The number of Topliss-reactive ketones (excluding diaryl/α,β-unsaturated/α-hetero) is 1. The number of hydrogen-bond acceptors (Lipinski definition) is 6. The number of aryl methyl sites for hydroxylation is 1. The number of benzene rings is 1. The third-order valence-electron chi connectivity index (χ3n) is 4.27. The second-order valence-electron chi connectivity index (χ2n) is 6.04. The van der Waals surface area contributed by atoms with Crippen molar-refractivity contribution in [3.8, 4) is 0 Å². The van der Waals surface area contributed by atoms with Gasteiger partial charge in [0, 0.05) is 31.9 Å². The van der Waals surface area contributed by atoms with Crippen molar-refractivity contribution >= 4 is 21.8 Å². The highest BCUT2D eigenvalue weighted by atomic mass is 32.2. The van der Waals surface area contributed by atoms with E-state index in [1.54, 1.807) is 29.9 Å². The fourth-order valence-electron chi connectivity index (χ4n) is 2.71.